The molecule has 2 N–H and O–H groups in total. The zero-order valence-corrected chi connectivity index (χ0v) is 14.6. The lowest BCUT2D eigenvalue weighted by Crippen LogP contribution is -2.21. The predicted molar refractivity (Wildman–Crippen MR) is 96.2 cm³/mol. The highest BCUT2D eigenvalue weighted by molar-refractivity contribution is 7.88. The van der Waals surface area contributed by atoms with Crippen LogP contribution in [0, 0.1) is 0 Å². The van der Waals surface area contributed by atoms with Crippen molar-refractivity contribution in [1.29, 1.82) is 0 Å². The lowest BCUT2D eigenvalue weighted by Gasteiger charge is -2.15. The molecular formula is C18H22N2O3S. The number of nitrogens with one attached hydrogen (secondary N) is 2. The Morgan fingerprint density at radius 3 is 2.21 bits per heavy atom. The van der Waals surface area contributed by atoms with E-state index in [2.05, 4.69) is 10.0 Å². The summed E-state index contributed by atoms with van der Waals surface area (Å²) in [5.74, 6) is -0.247. The van der Waals surface area contributed by atoms with Gasteiger partial charge in [-0.25, -0.2) is 13.1 Å². The Morgan fingerprint density at radius 2 is 1.67 bits per heavy atom. The zero-order chi connectivity index (χ0) is 17.6. The van der Waals surface area contributed by atoms with Crippen LogP contribution in [0.5, 0.6) is 0 Å². The van der Waals surface area contributed by atoms with Gasteiger partial charge in [0.2, 0.25) is 15.9 Å². The highest BCUT2D eigenvalue weighted by atomic mass is 32.2. The van der Waals surface area contributed by atoms with Crippen LogP contribution in [0.15, 0.2) is 54.6 Å². The lowest BCUT2D eigenvalue weighted by molar-refractivity contribution is -0.117. The SMILES string of the molecule is CCC(C(=O)Nc1ccc(CNS(C)(=O)=O)cc1)c1ccccc1. The van der Waals surface area contributed by atoms with Gasteiger partial charge < -0.3 is 5.32 Å². The second-order valence-electron chi connectivity index (χ2n) is 5.65. The largest absolute Gasteiger partial charge is 0.326 e. The molecule has 0 aliphatic rings. The van der Waals surface area contributed by atoms with Gasteiger partial charge in [0.15, 0.2) is 0 Å². The molecule has 0 aliphatic carbocycles. The fourth-order valence-electron chi connectivity index (χ4n) is 2.41. The van der Waals surface area contributed by atoms with Crippen molar-refractivity contribution in [2.75, 3.05) is 11.6 Å². The molecule has 0 spiro atoms. The smallest absolute Gasteiger partial charge is 0.231 e. The van der Waals surface area contributed by atoms with Crippen molar-refractivity contribution in [3.05, 3.63) is 65.7 Å². The third-order valence-electron chi connectivity index (χ3n) is 3.69. The number of sulfonamides is 1. The second-order valence-corrected chi connectivity index (χ2v) is 7.48. The van der Waals surface area contributed by atoms with Crippen LogP contribution in [0.25, 0.3) is 0 Å². The molecule has 1 amide bonds. The number of anilines is 1. The summed E-state index contributed by atoms with van der Waals surface area (Å²) in [4.78, 5) is 12.5. The van der Waals surface area contributed by atoms with Gasteiger partial charge in [-0.15, -0.1) is 0 Å². The van der Waals surface area contributed by atoms with Crippen molar-refractivity contribution in [2.24, 2.45) is 0 Å². The molecule has 0 saturated carbocycles. The monoisotopic (exact) mass is 346 g/mol. The molecule has 1 unspecified atom stereocenters. The Morgan fingerprint density at radius 1 is 1.04 bits per heavy atom. The summed E-state index contributed by atoms with van der Waals surface area (Å²) in [6, 6.07) is 16.8. The number of hydrogen-bond acceptors (Lipinski definition) is 3. The van der Waals surface area contributed by atoms with Gasteiger partial charge in [0.1, 0.15) is 0 Å². The molecule has 0 aliphatic heterocycles. The average molecular weight is 346 g/mol. The first-order valence-corrected chi connectivity index (χ1v) is 9.67. The van der Waals surface area contributed by atoms with Crippen molar-refractivity contribution >= 4 is 21.6 Å². The molecule has 2 aromatic carbocycles. The molecule has 1 atom stereocenters. The maximum Gasteiger partial charge on any atom is 0.231 e. The number of hydrogen-bond donors (Lipinski definition) is 2. The van der Waals surface area contributed by atoms with Crippen LogP contribution in [-0.4, -0.2) is 20.6 Å². The van der Waals surface area contributed by atoms with Crippen molar-refractivity contribution in [1.82, 2.24) is 4.72 Å². The van der Waals surface area contributed by atoms with Crippen molar-refractivity contribution in [3.63, 3.8) is 0 Å². The fourth-order valence-corrected chi connectivity index (χ4v) is 2.84. The molecule has 128 valence electrons. The summed E-state index contributed by atoms with van der Waals surface area (Å²) >= 11 is 0. The fraction of sp³-hybridized carbons (Fsp3) is 0.278. The first-order chi connectivity index (χ1) is 11.4. The first-order valence-electron chi connectivity index (χ1n) is 7.78. The predicted octanol–water partition coefficient (Wildman–Crippen LogP) is 2.87. The van der Waals surface area contributed by atoms with Gasteiger partial charge in [-0.05, 0) is 29.7 Å². The van der Waals surface area contributed by atoms with Crippen molar-refractivity contribution in [2.45, 2.75) is 25.8 Å². The van der Waals surface area contributed by atoms with Crippen molar-refractivity contribution in [3.8, 4) is 0 Å². The molecule has 24 heavy (non-hydrogen) atoms. The van der Waals surface area contributed by atoms with Gasteiger partial charge >= 0.3 is 0 Å². The van der Waals surface area contributed by atoms with E-state index < -0.39 is 10.0 Å². The van der Waals surface area contributed by atoms with E-state index >= 15 is 0 Å². The third kappa shape index (κ3) is 5.47. The maximum atomic E-state index is 12.5. The minimum atomic E-state index is -3.22. The van der Waals surface area contributed by atoms with Crippen LogP contribution in [-0.2, 0) is 21.4 Å². The van der Waals surface area contributed by atoms with Gasteiger partial charge in [-0.1, -0.05) is 49.4 Å². The Bertz CT molecular complexity index is 772. The molecular weight excluding hydrogens is 324 g/mol. The normalized spacial score (nSPS) is 12.6. The Kier molecular flexibility index (Phi) is 6.11. The van der Waals surface area contributed by atoms with E-state index in [1.807, 2.05) is 37.3 Å². The number of rotatable bonds is 7. The summed E-state index contributed by atoms with van der Waals surface area (Å²) < 4.78 is 24.6. The van der Waals surface area contributed by atoms with E-state index in [1.54, 1.807) is 24.3 Å². The maximum absolute atomic E-state index is 12.5. The zero-order valence-electron chi connectivity index (χ0n) is 13.8. The van der Waals surface area contributed by atoms with E-state index in [9.17, 15) is 13.2 Å². The van der Waals surface area contributed by atoms with Crippen LogP contribution in [0.1, 0.15) is 30.4 Å². The Balaban J connectivity index is 2.01. The molecule has 2 aromatic rings. The molecule has 0 radical (unpaired) electrons. The lowest BCUT2D eigenvalue weighted by atomic mass is 9.95. The number of carbonyl (C=O) groups excluding carboxylic acids is 1. The summed E-state index contributed by atoms with van der Waals surface area (Å²) in [7, 11) is -3.22. The summed E-state index contributed by atoms with van der Waals surface area (Å²) in [6.07, 6.45) is 1.84. The third-order valence-corrected chi connectivity index (χ3v) is 4.36. The first kappa shape index (κ1) is 18.2. The molecule has 0 heterocycles. The van der Waals surface area contributed by atoms with Crippen LogP contribution in [0.2, 0.25) is 0 Å². The highest BCUT2D eigenvalue weighted by Gasteiger charge is 2.18. The van der Waals surface area contributed by atoms with E-state index in [-0.39, 0.29) is 18.4 Å². The molecule has 2 rings (SSSR count). The molecule has 0 fully saturated rings. The van der Waals surface area contributed by atoms with Gasteiger partial charge in [0, 0.05) is 12.2 Å². The summed E-state index contributed by atoms with van der Waals surface area (Å²) in [6.45, 7) is 2.21. The van der Waals surface area contributed by atoms with E-state index in [1.165, 1.54) is 0 Å². The van der Waals surface area contributed by atoms with Crippen LogP contribution in [0.3, 0.4) is 0 Å². The topological polar surface area (TPSA) is 75.3 Å². The van der Waals surface area contributed by atoms with Crippen LogP contribution < -0.4 is 10.0 Å². The second kappa shape index (κ2) is 8.08. The Hall–Kier alpha value is -2.18. The van der Waals surface area contributed by atoms with Gasteiger partial charge in [0.05, 0.1) is 12.2 Å². The molecule has 6 heteroatoms. The van der Waals surface area contributed by atoms with E-state index in [0.717, 1.165) is 17.4 Å². The average Bonchev–Trinajstić information content (AvgIpc) is 2.55. The minimum Gasteiger partial charge on any atom is -0.326 e. The van der Waals surface area contributed by atoms with Gasteiger partial charge in [0.25, 0.3) is 0 Å². The molecule has 0 aromatic heterocycles. The van der Waals surface area contributed by atoms with Crippen LogP contribution in [0.4, 0.5) is 5.69 Å². The quantitative estimate of drug-likeness (QED) is 0.809. The van der Waals surface area contributed by atoms with Crippen molar-refractivity contribution < 1.29 is 13.2 Å². The molecule has 0 saturated heterocycles. The minimum absolute atomic E-state index is 0.0503. The number of amides is 1. The standard InChI is InChI=1S/C18H22N2O3S/c1-3-17(15-7-5-4-6-8-15)18(21)20-16-11-9-14(10-12-16)13-19-24(2,22)23/h4-12,17,19H,3,13H2,1-2H3,(H,20,21). The molecule has 0 bridgehead atoms. The molecule has 5 nitrogen and oxygen atoms in total. The van der Waals surface area contributed by atoms with Gasteiger partial charge in [-0.3, -0.25) is 4.79 Å². The number of benzene rings is 2. The van der Waals surface area contributed by atoms with E-state index in [0.29, 0.717) is 12.1 Å². The number of carbonyl (C=O) groups is 1. The Labute approximate surface area is 143 Å². The van der Waals surface area contributed by atoms with Gasteiger partial charge in [-0.2, -0.15) is 0 Å². The highest BCUT2D eigenvalue weighted by Crippen LogP contribution is 2.21. The van der Waals surface area contributed by atoms with E-state index in [4.69, 9.17) is 0 Å². The summed E-state index contributed by atoms with van der Waals surface area (Å²) in [5.41, 5.74) is 2.51. The summed E-state index contributed by atoms with van der Waals surface area (Å²) in [5, 5.41) is 2.91. The van der Waals surface area contributed by atoms with Crippen LogP contribution >= 0.6 is 0 Å².